The number of carbonyl (C=O) groups excluding carboxylic acids is 1. The van der Waals surface area contributed by atoms with Crippen molar-refractivity contribution in [1.82, 2.24) is 10.2 Å². The molecule has 0 bridgehead atoms. The molecule has 1 aromatic carbocycles. The summed E-state index contributed by atoms with van der Waals surface area (Å²) in [7, 11) is 0. The lowest BCUT2D eigenvalue weighted by molar-refractivity contribution is -0.144. The first-order chi connectivity index (χ1) is 9.94. The maximum atomic E-state index is 11.5. The number of carbonyl (C=O) groups is 1. The van der Waals surface area contributed by atoms with Gasteiger partial charge in [0.2, 0.25) is 5.89 Å². The van der Waals surface area contributed by atoms with Crippen LogP contribution in [0.1, 0.15) is 25.0 Å². The van der Waals surface area contributed by atoms with Crippen LogP contribution in [0.15, 0.2) is 27.8 Å². The first-order valence-corrected chi connectivity index (χ1v) is 7.67. The number of nitrogens with zero attached hydrogens (tertiary/aromatic N) is 2. The lowest BCUT2D eigenvalue weighted by atomic mass is 10.1. The van der Waals surface area contributed by atoms with Gasteiger partial charge in [-0.15, -0.1) is 10.2 Å². The van der Waals surface area contributed by atoms with E-state index in [0.29, 0.717) is 11.1 Å². The monoisotopic (exact) mass is 306 g/mol. The van der Waals surface area contributed by atoms with Crippen LogP contribution in [0.4, 0.5) is 0 Å². The first kappa shape index (κ1) is 15.6. The Kier molecular flexibility index (Phi) is 5.01. The maximum Gasteiger partial charge on any atom is 0.316 e. The van der Waals surface area contributed by atoms with E-state index < -0.39 is 0 Å². The Labute approximate surface area is 128 Å². The molecule has 2 rings (SSSR count). The average molecular weight is 306 g/mol. The Bertz CT molecular complexity index is 617. The Morgan fingerprint density at radius 2 is 1.90 bits per heavy atom. The van der Waals surface area contributed by atoms with Crippen LogP contribution in [0, 0.1) is 13.8 Å². The molecule has 0 saturated carbocycles. The molecule has 112 valence electrons. The van der Waals surface area contributed by atoms with Crippen molar-refractivity contribution >= 4 is 17.7 Å². The highest BCUT2D eigenvalue weighted by Gasteiger charge is 2.13. The van der Waals surface area contributed by atoms with Gasteiger partial charge in [-0.3, -0.25) is 4.79 Å². The van der Waals surface area contributed by atoms with Crippen molar-refractivity contribution in [3.8, 4) is 11.5 Å². The zero-order chi connectivity index (χ0) is 15.4. The van der Waals surface area contributed by atoms with Gasteiger partial charge in [-0.05, 0) is 39.8 Å². The van der Waals surface area contributed by atoms with Crippen LogP contribution in [0.2, 0.25) is 0 Å². The minimum atomic E-state index is -0.291. The smallest absolute Gasteiger partial charge is 0.316 e. The molecule has 0 radical (unpaired) electrons. The molecular formula is C15H18N2O3S. The Balaban J connectivity index is 2.03. The lowest BCUT2D eigenvalue weighted by Gasteiger charge is -2.05. The van der Waals surface area contributed by atoms with Gasteiger partial charge in [0.25, 0.3) is 5.22 Å². The molecule has 21 heavy (non-hydrogen) atoms. The van der Waals surface area contributed by atoms with Crippen molar-refractivity contribution < 1.29 is 13.9 Å². The molecular weight excluding hydrogens is 288 g/mol. The quantitative estimate of drug-likeness (QED) is 0.623. The number of aryl methyl sites for hydroxylation is 2. The summed E-state index contributed by atoms with van der Waals surface area (Å²) in [6.07, 6.45) is -0.119. The van der Waals surface area contributed by atoms with Crippen molar-refractivity contribution in [2.75, 3.05) is 5.75 Å². The molecule has 0 aliphatic carbocycles. The van der Waals surface area contributed by atoms with Gasteiger partial charge in [0.1, 0.15) is 5.75 Å². The van der Waals surface area contributed by atoms with Crippen molar-refractivity contribution in [2.45, 2.75) is 39.0 Å². The van der Waals surface area contributed by atoms with Crippen LogP contribution in [0.5, 0.6) is 0 Å². The van der Waals surface area contributed by atoms with Crippen molar-refractivity contribution in [2.24, 2.45) is 0 Å². The molecule has 1 heterocycles. The summed E-state index contributed by atoms with van der Waals surface area (Å²) in [4.78, 5) is 11.5. The van der Waals surface area contributed by atoms with E-state index in [0.717, 1.165) is 16.7 Å². The lowest BCUT2D eigenvalue weighted by Crippen LogP contribution is -2.13. The van der Waals surface area contributed by atoms with Gasteiger partial charge in [-0.25, -0.2) is 0 Å². The van der Waals surface area contributed by atoms with Gasteiger partial charge < -0.3 is 9.15 Å². The van der Waals surface area contributed by atoms with E-state index in [4.69, 9.17) is 9.15 Å². The van der Waals surface area contributed by atoms with E-state index in [-0.39, 0.29) is 17.8 Å². The number of rotatable bonds is 5. The highest BCUT2D eigenvalue weighted by atomic mass is 32.2. The largest absolute Gasteiger partial charge is 0.462 e. The summed E-state index contributed by atoms with van der Waals surface area (Å²) in [5.74, 6) is 0.329. The van der Waals surface area contributed by atoms with Gasteiger partial charge in [-0.2, -0.15) is 0 Å². The molecule has 0 atom stereocenters. The zero-order valence-electron chi connectivity index (χ0n) is 12.5. The van der Waals surface area contributed by atoms with E-state index in [9.17, 15) is 4.79 Å². The highest BCUT2D eigenvalue weighted by Crippen LogP contribution is 2.24. The van der Waals surface area contributed by atoms with Crippen LogP contribution >= 0.6 is 11.8 Å². The van der Waals surface area contributed by atoms with Gasteiger partial charge in [0.05, 0.1) is 6.10 Å². The van der Waals surface area contributed by atoms with Crippen LogP contribution < -0.4 is 0 Å². The molecule has 1 aromatic heterocycles. The van der Waals surface area contributed by atoms with Crippen molar-refractivity contribution in [3.05, 3.63) is 29.3 Å². The molecule has 2 aromatic rings. The number of aromatic nitrogens is 2. The third-order valence-corrected chi connectivity index (χ3v) is 3.35. The van der Waals surface area contributed by atoms with Crippen LogP contribution in [0.25, 0.3) is 11.5 Å². The van der Waals surface area contributed by atoms with E-state index in [2.05, 4.69) is 16.3 Å². The summed E-state index contributed by atoms with van der Waals surface area (Å²) < 4.78 is 10.6. The molecule has 0 unspecified atom stereocenters. The predicted molar refractivity (Wildman–Crippen MR) is 81.2 cm³/mol. The van der Waals surface area contributed by atoms with Crippen LogP contribution in [-0.4, -0.2) is 28.0 Å². The van der Waals surface area contributed by atoms with Gasteiger partial charge in [-0.1, -0.05) is 29.0 Å². The second-order valence-corrected chi connectivity index (χ2v) is 6.00. The standard InChI is InChI=1S/C15H18N2O3S/c1-9(2)19-13(18)8-21-15-17-16-14(20-15)12-6-10(3)5-11(4)7-12/h5-7,9H,8H2,1-4H3. The Morgan fingerprint density at radius 3 is 2.52 bits per heavy atom. The summed E-state index contributed by atoms with van der Waals surface area (Å²) in [5.41, 5.74) is 3.16. The van der Waals surface area contributed by atoms with Crippen molar-refractivity contribution in [3.63, 3.8) is 0 Å². The number of hydrogen-bond acceptors (Lipinski definition) is 6. The van der Waals surface area contributed by atoms with E-state index >= 15 is 0 Å². The van der Waals surface area contributed by atoms with E-state index in [1.54, 1.807) is 0 Å². The fourth-order valence-corrected chi connectivity index (χ4v) is 2.45. The topological polar surface area (TPSA) is 65.2 Å². The molecule has 0 N–H and O–H groups in total. The SMILES string of the molecule is Cc1cc(C)cc(-c2nnc(SCC(=O)OC(C)C)o2)c1. The fourth-order valence-electron chi connectivity index (χ4n) is 1.90. The number of ether oxygens (including phenoxy) is 1. The zero-order valence-corrected chi connectivity index (χ0v) is 13.4. The maximum absolute atomic E-state index is 11.5. The molecule has 0 aliphatic heterocycles. The first-order valence-electron chi connectivity index (χ1n) is 6.68. The average Bonchev–Trinajstić information content (AvgIpc) is 2.83. The number of esters is 1. The normalized spacial score (nSPS) is 10.9. The summed E-state index contributed by atoms with van der Waals surface area (Å²) >= 11 is 1.18. The van der Waals surface area contributed by atoms with E-state index in [1.807, 2.05) is 39.8 Å². The molecule has 0 aliphatic rings. The highest BCUT2D eigenvalue weighted by molar-refractivity contribution is 7.99. The summed E-state index contributed by atoms with van der Waals surface area (Å²) in [5, 5.41) is 8.33. The number of hydrogen-bond donors (Lipinski definition) is 0. The third-order valence-electron chi connectivity index (χ3n) is 2.56. The summed E-state index contributed by atoms with van der Waals surface area (Å²) in [6.45, 7) is 7.66. The van der Waals surface area contributed by atoms with Crippen molar-refractivity contribution in [1.29, 1.82) is 0 Å². The molecule has 5 nitrogen and oxygen atoms in total. The molecule has 0 fully saturated rings. The Hall–Kier alpha value is -1.82. The summed E-state index contributed by atoms with van der Waals surface area (Å²) in [6, 6.07) is 6.06. The number of thioether (sulfide) groups is 1. The second-order valence-electron chi connectivity index (χ2n) is 5.08. The van der Waals surface area contributed by atoms with Crippen LogP contribution in [0.3, 0.4) is 0 Å². The second kappa shape index (κ2) is 6.76. The van der Waals surface area contributed by atoms with Gasteiger partial charge >= 0.3 is 5.97 Å². The molecule has 0 saturated heterocycles. The molecule has 6 heteroatoms. The molecule has 0 amide bonds. The minimum absolute atomic E-state index is 0.119. The molecule has 0 spiro atoms. The fraction of sp³-hybridized carbons (Fsp3) is 0.400. The van der Waals surface area contributed by atoms with E-state index in [1.165, 1.54) is 11.8 Å². The van der Waals surface area contributed by atoms with Gasteiger partial charge in [0.15, 0.2) is 0 Å². The van der Waals surface area contributed by atoms with Gasteiger partial charge in [0, 0.05) is 5.56 Å². The third kappa shape index (κ3) is 4.60. The van der Waals surface area contributed by atoms with Crippen LogP contribution in [-0.2, 0) is 9.53 Å². The number of benzene rings is 1. The Morgan fingerprint density at radius 1 is 1.24 bits per heavy atom. The minimum Gasteiger partial charge on any atom is -0.462 e. The predicted octanol–water partition coefficient (Wildman–Crippen LogP) is 3.40.